The van der Waals surface area contributed by atoms with Gasteiger partial charge in [0.1, 0.15) is 11.3 Å². The highest BCUT2D eigenvalue weighted by atomic mass is 35.5. The number of ketones is 1. The summed E-state index contributed by atoms with van der Waals surface area (Å²) in [7, 11) is 0. The molecule has 2 aromatic carbocycles. The van der Waals surface area contributed by atoms with Gasteiger partial charge in [-0.1, -0.05) is 60.1 Å². The van der Waals surface area contributed by atoms with Crippen molar-refractivity contribution < 1.29 is 14.6 Å². The van der Waals surface area contributed by atoms with Crippen LogP contribution in [0.3, 0.4) is 0 Å². The Morgan fingerprint density at radius 3 is 2.23 bits per heavy atom. The van der Waals surface area contributed by atoms with Gasteiger partial charge in [-0.2, -0.15) is 0 Å². The molecule has 35 heavy (non-hydrogen) atoms. The number of halogens is 1. The van der Waals surface area contributed by atoms with E-state index in [-0.39, 0.29) is 12.4 Å². The van der Waals surface area contributed by atoms with Gasteiger partial charge >= 0.3 is 0 Å². The number of Topliss-reactive ketones (excluding diaryl/α,β-unsaturated/α-hetero) is 1. The molecule has 3 heterocycles. The number of aliphatic hydroxyl groups excluding tert-OH is 1. The number of benzene rings is 2. The summed E-state index contributed by atoms with van der Waals surface area (Å²) < 4.78 is 5.50. The summed E-state index contributed by atoms with van der Waals surface area (Å²) in [6.07, 6.45) is 2.32. The van der Waals surface area contributed by atoms with Crippen LogP contribution in [0.4, 0.5) is 5.82 Å². The Hall–Kier alpha value is -3.39. The number of fused-ring (bicyclic) bond motifs is 1. The van der Waals surface area contributed by atoms with Crippen LogP contribution in [0.25, 0.3) is 22.4 Å². The molecule has 0 atom stereocenters. The Labute approximate surface area is 208 Å². The summed E-state index contributed by atoms with van der Waals surface area (Å²) in [5.41, 5.74) is 4.98. The van der Waals surface area contributed by atoms with Crippen molar-refractivity contribution in [1.29, 1.82) is 0 Å². The molecule has 1 N–H and O–H groups in total. The SMILES string of the molecule is O=C(Cc1ccc(CO)cc1)Cc1ccc(-c2nc(N3CCOCC3)c3ncc(Cl)cc3n2)cc1. The van der Waals surface area contributed by atoms with Crippen LogP contribution < -0.4 is 4.90 Å². The van der Waals surface area contributed by atoms with Crippen molar-refractivity contribution >= 4 is 34.2 Å². The predicted molar refractivity (Wildman–Crippen MR) is 136 cm³/mol. The highest BCUT2D eigenvalue weighted by molar-refractivity contribution is 6.31. The number of hydrogen-bond donors (Lipinski definition) is 1. The lowest BCUT2D eigenvalue weighted by atomic mass is 10.0. The van der Waals surface area contributed by atoms with Crippen molar-refractivity contribution in [2.75, 3.05) is 31.2 Å². The van der Waals surface area contributed by atoms with Crippen LogP contribution in [-0.4, -0.2) is 52.1 Å². The van der Waals surface area contributed by atoms with Crippen molar-refractivity contribution in [3.63, 3.8) is 0 Å². The average Bonchev–Trinajstić information content (AvgIpc) is 2.89. The van der Waals surface area contributed by atoms with E-state index in [1.165, 1.54) is 0 Å². The zero-order chi connectivity index (χ0) is 24.2. The van der Waals surface area contributed by atoms with Gasteiger partial charge in [0, 0.05) is 37.7 Å². The maximum atomic E-state index is 12.6. The van der Waals surface area contributed by atoms with Crippen LogP contribution in [0, 0.1) is 0 Å². The fraction of sp³-hybridized carbons (Fsp3) is 0.259. The normalized spacial score (nSPS) is 13.8. The van der Waals surface area contributed by atoms with E-state index in [4.69, 9.17) is 31.4 Å². The molecule has 8 heteroatoms. The first-order chi connectivity index (χ1) is 17.1. The fourth-order valence-electron chi connectivity index (χ4n) is 4.16. The topological polar surface area (TPSA) is 88.4 Å². The van der Waals surface area contributed by atoms with E-state index in [1.807, 2.05) is 48.5 Å². The van der Waals surface area contributed by atoms with E-state index in [0.29, 0.717) is 47.9 Å². The van der Waals surface area contributed by atoms with Crippen molar-refractivity contribution in [1.82, 2.24) is 15.0 Å². The third-order valence-electron chi connectivity index (χ3n) is 6.02. The van der Waals surface area contributed by atoms with Crippen molar-refractivity contribution in [2.24, 2.45) is 0 Å². The van der Waals surface area contributed by atoms with Gasteiger partial charge < -0.3 is 14.7 Å². The molecule has 0 amide bonds. The van der Waals surface area contributed by atoms with Crippen LogP contribution in [0.2, 0.25) is 5.02 Å². The van der Waals surface area contributed by atoms with E-state index in [0.717, 1.165) is 41.2 Å². The number of carbonyl (C=O) groups is 1. The number of hydrogen-bond acceptors (Lipinski definition) is 7. The van der Waals surface area contributed by atoms with Crippen molar-refractivity contribution in [3.8, 4) is 11.4 Å². The lowest BCUT2D eigenvalue weighted by molar-refractivity contribution is -0.117. The zero-order valence-corrected chi connectivity index (χ0v) is 19.9. The minimum atomic E-state index is -0.00100. The first-order valence-electron chi connectivity index (χ1n) is 11.5. The van der Waals surface area contributed by atoms with Gasteiger partial charge in [0.2, 0.25) is 0 Å². The second-order valence-electron chi connectivity index (χ2n) is 8.56. The molecule has 0 aliphatic carbocycles. The molecule has 4 aromatic rings. The largest absolute Gasteiger partial charge is 0.392 e. The second-order valence-corrected chi connectivity index (χ2v) is 8.99. The summed E-state index contributed by atoms with van der Waals surface area (Å²) in [4.78, 5) is 28.8. The number of morpholine rings is 1. The Morgan fingerprint density at radius 1 is 0.943 bits per heavy atom. The summed E-state index contributed by atoms with van der Waals surface area (Å²) in [6, 6.07) is 17.0. The summed E-state index contributed by atoms with van der Waals surface area (Å²) in [6.45, 7) is 2.75. The molecule has 1 fully saturated rings. The molecule has 0 unspecified atom stereocenters. The first kappa shape index (κ1) is 23.4. The number of carbonyl (C=O) groups excluding carboxylic acids is 1. The van der Waals surface area contributed by atoms with Gasteiger partial charge in [-0.05, 0) is 22.8 Å². The Kier molecular flexibility index (Phi) is 6.99. The number of anilines is 1. The fourth-order valence-corrected chi connectivity index (χ4v) is 4.31. The van der Waals surface area contributed by atoms with Crippen LogP contribution in [0.1, 0.15) is 16.7 Å². The number of pyridine rings is 1. The minimum absolute atomic E-state index is 0.00100. The zero-order valence-electron chi connectivity index (χ0n) is 19.2. The van der Waals surface area contributed by atoms with Gasteiger partial charge in [-0.3, -0.25) is 4.79 Å². The van der Waals surface area contributed by atoms with Crippen LogP contribution in [0.15, 0.2) is 60.8 Å². The predicted octanol–water partition coefficient (Wildman–Crippen LogP) is 4.03. The minimum Gasteiger partial charge on any atom is -0.392 e. The van der Waals surface area contributed by atoms with E-state index in [2.05, 4.69) is 9.88 Å². The number of nitrogens with zero attached hydrogens (tertiary/aromatic N) is 4. The lowest BCUT2D eigenvalue weighted by Gasteiger charge is -2.28. The summed E-state index contributed by atoms with van der Waals surface area (Å²) >= 11 is 6.20. The second kappa shape index (κ2) is 10.5. The maximum Gasteiger partial charge on any atom is 0.162 e. The molecule has 178 valence electrons. The third kappa shape index (κ3) is 5.48. The number of aromatic nitrogens is 3. The molecule has 1 saturated heterocycles. The van der Waals surface area contributed by atoms with Gasteiger partial charge in [0.25, 0.3) is 0 Å². The molecule has 2 aromatic heterocycles. The lowest BCUT2D eigenvalue weighted by Crippen LogP contribution is -2.37. The number of ether oxygens (including phenoxy) is 1. The first-order valence-corrected chi connectivity index (χ1v) is 11.9. The summed E-state index contributed by atoms with van der Waals surface area (Å²) in [5.74, 6) is 1.49. The van der Waals surface area contributed by atoms with E-state index < -0.39 is 0 Å². The Bertz CT molecular complexity index is 1340. The smallest absolute Gasteiger partial charge is 0.162 e. The van der Waals surface area contributed by atoms with Crippen molar-refractivity contribution in [2.45, 2.75) is 19.4 Å². The maximum absolute atomic E-state index is 12.6. The molecule has 5 rings (SSSR count). The molecule has 1 aliphatic rings. The Morgan fingerprint density at radius 2 is 1.57 bits per heavy atom. The molecule has 1 aliphatic heterocycles. The van der Waals surface area contributed by atoms with E-state index in [9.17, 15) is 4.79 Å². The molecule has 0 spiro atoms. The van der Waals surface area contributed by atoms with Gasteiger partial charge in [-0.25, -0.2) is 15.0 Å². The van der Waals surface area contributed by atoms with Gasteiger partial charge in [-0.15, -0.1) is 0 Å². The number of aliphatic hydroxyl groups is 1. The van der Waals surface area contributed by atoms with Crippen LogP contribution in [-0.2, 0) is 29.0 Å². The van der Waals surface area contributed by atoms with Gasteiger partial charge in [0.05, 0.1) is 30.4 Å². The molecule has 7 nitrogen and oxygen atoms in total. The molecular weight excluding hydrogens is 464 g/mol. The third-order valence-corrected chi connectivity index (χ3v) is 6.22. The van der Waals surface area contributed by atoms with E-state index in [1.54, 1.807) is 12.3 Å². The molecule has 0 saturated carbocycles. The van der Waals surface area contributed by atoms with E-state index >= 15 is 0 Å². The molecule has 0 radical (unpaired) electrons. The van der Waals surface area contributed by atoms with Crippen molar-refractivity contribution in [3.05, 3.63) is 82.5 Å². The molecular formula is C27H25ClN4O3. The quantitative estimate of drug-likeness (QED) is 0.420. The average molecular weight is 489 g/mol. The Balaban J connectivity index is 1.36. The van der Waals surface area contributed by atoms with Crippen LogP contribution >= 0.6 is 11.6 Å². The highest BCUT2D eigenvalue weighted by Gasteiger charge is 2.19. The number of rotatable bonds is 7. The monoisotopic (exact) mass is 488 g/mol. The molecule has 0 bridgehead atoms. The summed E-state index contributed by atoms with van der Waals surface area (Å²) in [5, 5.41) is 9.69. The highest BCUT2D eigenvalue weighted by Crippen LogP contribution is 2.28. The van der Waals surface area contributed by atoms with Gasteiger partial charge in [0.15, 0.2) is 11.6 Å². The van der Waals surface area contributed by atoms with Crippen LogP contribution in [0.5, 0.6) is 0 Å². The standard InChI is InChI=1S/C27H25ClN4O3/c28-22-15-24-25(29-16-22)27(32-9-11-35-12-10-32)31-26(30-24)21-7-5-19(6-8-21)14-23(34)13-18-1-3-20(17-33)4-2-18/h1-8,15-16,33H,9-14,17H2.